The molecule has 0 radical (unpaired) electrons. The lowest BCUT2D eigenvalue weighted by atomic mass is 9.69. The Labute approximate surface area is 199 Å². The molecule has 178 valence electrons. The van der Waals surface area contributed by atoms with Gasteiger partial charge < -0.3 is 19.5 Å². The Balaban J connectivity index is 2.02. The second-order valence-corrected chi connectivity index (χ2v) is 9.08. The number of hydrogen-bond donors (Lipinski definition) is 1. The van der Waals surface area contributed by atoms with Crippen LogP contribution in [0, 0.1) is 11.8 Å². The van der Waals surface area contributed by atoms with E-state index in [1.54, 1.807) is 31.2 Å². The van der Waals surface area contributed by atoms with Crippen molar-refractivity contribution in [3.05, 3.63) is 57.4 Å². The maximum Gasteiger partial charge on any atom is 0.336 e. The second-order valence-electron chi connectivity index (χ2n) is 8.64. The Hall–Kier alpha value is -2.64. The van der Waals surface area contributed by atoms with E-state index in [1.165, 1.54) is 7.11 Å². The van der Waals surface area contributed by atoms with Crippen LogP contribution in [-0.2, 0) is 28.6 Å². The lowest BCUT2D eigenvalue weighted by Gasteiger charge is -2.38. The number of rotatable bonds is 7. The molecule has 3 rings (SSSR count). The molecule has 2 aliphatic rings. The van der Waals surface area contributed by atoms with Crippen LogP contribution in [0.25, 0.3) is 0 Å². The van der Waals surface area contributed by atoms with E-state index in [4.69, 9.17) is 25.8 Å². The van der Waals surface area contributed by atoms with Crippen molar-refractivity contribution in [2.45, 2.75) is 46.1 Å². The second kappa shape index (κ2) is 10.5. The van der Waals surface area contributed by atoms with Crippen LogP contribution in [0.3, 0.4) is 0 Å². The SMILES string of the molecule is COC(=O)[C@@H]1C(=O)C2=C(C[C@@H]1C)NC(C)=C(C(=O)OCCOC(C)C)[C@H]2c1ccc(Cl)cc1. The number of dihydropyridines is 1. The van der Waals surface area contributed by atoms with E-state index in [-0.39, 0.29) is 31.0 Å². The van der Waals surface area contributed by atoms with Gasteiger partial charge in [-0.1, -0.05) is 30.7 Å². The molecule has 3 atom stereocenters. The quantitative estimate of drug-likeness (QED) is 0.363. The van der Waals surface area contributed by atoms with Crippen LogP contribution in [0.2, 0.25) is 5.02 Å². The lowest BCUT2D eigenvalue weighted by molar-refractivity contribution is -0.151. The number of carbonyl (C=O) groups is 3. The van der Waals surface area contributed by atoms with Crippen LogP contribution < -0.4 is 5.32 Å². The number of ether oxygens (including phenoxy) is 3. The van der Waals surface area contributed by atoms with Crippen molar-refractivity contribution in [1.82, 2.24) is 5.32 Å². The Morgan fingerprint density at radius 1 is 1.18 bits per heavy atom. The number of nitrogens with one attached hydrogen (secondary N) is 1. The van der Waals surface area contributed by atoms with Crippen LogP contribution in [-0.4, -0.2) is 44.1 Å². The van der Waals surface area contributed by atoms with E-state index < -0.39 is 23.8 Å². The summed E-state index contributed by atoms with van der Waals surface area (Å²) in [5.41, 5.74) is 2.75. The van der Waals surface area contributed by atoms with Crippen LogP contribution >= 0.6 is 11.6 Å². The summed E-state index contributed by atoms with van der Waals surface area (Å²) in [6.45, 7) is 7.79. The number of halogens is 1. The van der Waals surface area contributed by atoms with Gasteiger partial charge in [-0.2, -0.15) is 0 Å². The average molecular weight is 476 g/mol. The Morgan fingerprint density at radius 3 is 2.45 bits per heavy atom. The molecule has 7 nitrogen and oxygen atoms in total. The maximum atomic E-state index is 13.6. The van der Waals surface area contributed by atoms with E-state index in [1.807, 2.05) is 20.8 Å². The third-order valence-electron chi connectivity index (χ3n) is 5.93. The van der Waals surface area contributed by atoms with Gasteiger partial charge in [0.15, 0.2) is 5.78 Å². The molecular formula is C25H30ClNO6. The molecule has 0 spiro atoms. The third-order valence-corrected chi connectivity index (χ3v) is 6.19. The first-order chi connectivity index (χ1) is 15.6. The molecule has 0 unspecified atom stereocenters. The molecule has 0 fully saturated rings. The normalized spacial score (nSPS) is 22.8. The van der Waals surface area contributed by atoms with Crippen LogP contribution in [0.4, 0.5) is 0 Å². The van der Waals surface area contributed by atoms with Crippen LogP contribution in [0.5, 0.6) is 0 Å². The molecule has 0 saturated heterocycles. The molecule has 1 aromatic rings. The van der Waals surface area contributed by atoms with Crippen molar-refractivity contribution in [2.24, 2.45) is 11.8 Å². The van der Waals surface area contributed by atoms with Gasteiger partial charge in [0.25, 0.3) is 0 Å². The molecule has 1 heterocycles. The van der Waals surface area contributed by atoms with E-state index in [9.17, 15) is 14.4 Å². The van der Waals surface area contributed by atoms with Crippen molar-refractivity contribution in [1.29, 1.82) is 0 Å². The summed E-state index contributed by atoms with van der Waals surface area (Å²) in [7, 11) is 1.27. The zero-order valence-electron chi connectivity index (χ0n) is 19.6. The monoisotopic (exact) mass is 475 g/mol. The summed E-state index contributed by atoms with van der Waals surface area (Å²) in [5.74, 6) is -3.32. The van der Waals surface area contributed by atoms with Gasteiger partial charge in [-0.25, -0.2) is 4.79 Å². The highest BCUT2D eigenvalue weighted by Crippen LogP contribution is 2.45. The number of carbonyl (C=O) groups excluding carboxylic acids is 3. The lowest BCUT2D eigenvalue weighted by Crippen LogP contribution is -2.43. The number of benzene rings is 1. The predicted octanol–water partition coefficient (Wildman–Crippen LogP) is 3.92. The molecule has 1 N–H and O–H groups in total. The molecule has 1 aliphatic heterocycles. The fourth-order valence-corrected chi connectivity index (χ4v) is 4.56. The van der Waals surface area contributed by atoms with E-state index in [0.29, 0.717) is 39.5 Å². The summed E-state index contributed by atoms with van der Waals surface area (Å²) < 4.78 is 15.9. The van der Waals surface area contributed by atoms with Gasteiger partial charge >= 0.3 is 11.9 Å². The van der Waals surface area contributed by atoms with Gasteiger partial charge in [0.05, 0.1) is 25.4 Å². The van der Waals surface area contributed by atoms with Crippen LogP contribution in [0.15, 0.2) is 46.8 Å². The van der Waals surface area contributed by atoms with Gasteiger partial charge in [0.2, 0.25) is 0 Å². The van der Waals surface area contributed by atoms with E-state index >= 15 is 0 Å². The van der Waals surface area contributed by atoms with Gasteiger partial charge in [0, 0.05) is 27.9 Å². The van der Waals surface area contributed by atoms with Gasteiger partial charge in [0.1, 0.15) is 12.5 Å². The van der Waals surface area contributed by atoms with Crippen molar-refractivity contribution in [3.63, 3.8) is 0 Å². The maximum absolute atomic E-state index is 13.6. The zero-order valence-corrected chi connectivity index (χ0v) is 20.3. The molecule has 1 aromatic carbocycles. The topological polar surface area (TPSA) is 90.9 Å². The van der Waals surface area contributed by atoms with Crippen molar-refractivity contribution >= 4 is 29.3 Å². The molecule has 0 aromatic heterocycles. The number of hydrogen-bond acceptors (Lipinski definition) is 7. The Bertz CT molecular complexity index is 995. The highest BCUT2D eigenvalue weighted by atomic mass is 35.5. The molecule has 33 heavy (non-hydrogen) atoms. The van der Waals surface area contributed by atoms with Gasteiger partial charge in [-0.3, -0.25) is 9.59 Å². The predicted molar refractivity (Wildman–Crippen MR) is 123 cm³/mol. The molecule has 8 heteroatoms. The van der Waals surface area contributed by atoms with Gasteiger partial charge in [-0.15, -0.1) is 0 Å². The van der Waals surface area contributed by atoms with Crippen molar-refractivity contribution in [3.8, 4) is 0 Å². The minimum atomic E-state index is -0.930. The first kappa shape index (κ1) is 25.0. The van der Waals surface area contributed by atoms with E-state index in [0.717, 1.165) is 0 Å². The number of ketones is 1. The minimum Gasteiger partial charge on any atom is -0.468 e. The Morgan fingerprint density at radius 2 is 1.85 bits per heavy atom. The number of esters is 2. The zero-order chi connectivity index (χ0) is 24.3. The summed E-state index contributed by atoms with van der Waals surface area (Å²) in [6.07, 6.45) is 0.500. The molecule has 0 amide bonds. The molecular weight excluding hydrogens is 446 g/mol. The first-order valence-electron chi connectivity index (χ1n) is 11.0. The summed E-state index contributed by atoms with van der Waals surface area (Å²) in [5, 5.41) is 3.77. The highest BCUT2D eigenvalue weighted by molar-refractivity contribution is 6.30. The fourth-order valence-electron chi connectivity index (χ4n) is 4.44. The molecule has 0 saturated carbocycles. The number of allylic oxidation sites excluding steroid dienone is 3. The summed E-state index contributed by atoms with van der Waals surface area (Å²) in [4.78, 5) is 39.2. The van der Waals surface area contributed by atoms with Crippen molar-refractivity contribution < 1.29 is 28.6 Å². The van der Waals surface area contributed by atoms with Gasteiger partial charge in [-0.05, 0) is 50.8 Å². The minimum absolute atomic E-state index is 0.0210. The standard InChI is InChI=1S/C25H30ClNO6/c1-13(2)32-10-11-33-25(30)20-15(4)27-18-12-14(3)19(24(29)31-5)23(28)22(18)21(20)16-6-8-17(26)9-7-16/h6-9,13-14,19,21,27H,10-12H2,1-5H3/t14-,19-,21+/m0/s1. The number of Topliss-reactive ketones (excluding diaryl/α,β-unsaturated/α-hetero) is 1. The molecule has 1 aliphatic carbocycles. The fraction of sp³-hybridized carbons (Fsp3) is 0.480. The highest BCUT2D eigenvalue weighted by Gasteiger charge is 2.47. The average Bonchev–Trinajstić information content (AvgIpc) is 2.75. The summed E-state index contributed by atoms with van der Waals surface area (Å²) >= 11 is 6.09. The molecule has 0 bridgehead atoms. The Kier molecular flexibility index (Phi) is 7.97. The third kappa shape index (κ3) is 5.31. The first-order valence-corrected chi connectivity index (χ1v) is 11.4. The van der Waals surface area contributed by atoms with Crippen LogP contribution in [0.1, 0.15) is 45.6 Å². The summed E-state index contributed by atoms with van der Waals surface area (Å²) in [6, 6.07) is 6.98. The largest absolute Gasteiger partial charge is 0.468 e. The van der Waals surface area contributed by atoms with E-state index in [2.05, 4.69) is 5.32 Å². The smallest absolute Gasteiger partial charge is 0.336 e. The number of methoxy groups -OCH3 is 1. The van der Waals surface area contributed by atoms with Crippen molar-refractivity contribution in [2.75, 3.05) is 20.3 Å².